The highest BCUT2D eigenvalue weighted by Gasteiger charge is 2.14. The van der Waals surface area contributed by atoms with Crippen molar-refractivity contribution < 1.29 is 14.2 Å². The van der Waals surface area contributed by atoms with Crippen molar-refractivity contribution in [3.05, 3.63) is 58.4 Å². The summed E-state index contributed by atoms with van der Waals surface area (Å²) in [5.74, 6) is 0.150. The number of anilines is 1. The van der Waals surface area contributed by atoms with Gasteiger partial charge in [0.15, 0.2) is 0 Å². The molecular weight excluding hydrogens is 293 g/mol. The minimum absolute atomic E-state index is 0.165. The Hall–Kier alpha value is -1.78. The van der Waals surface area contributed by atoms with Crippen LogP contribution in [0, 0.1) is 12.7 Å². The number of halogens is 2. The summed E-state index contributed by atoms with van der Waals surface area (Å²) in [6.07, 6.45) is -0.810. The lowest BCUT2D eigenvalue weighted by atomic mass is 10.0. The van der Waals surface area contributed by atoms with Gasteiger partial charge in [-0.3, -0.25) is 0 Å². The lowest BCUT2D eigenvalue weighted by molar-refractivity contribution is 0.186. The summed E-state index contributed by atoms with van der Waals surface area (Å²) in [6, 6.07) is 9.91. The van der Waals surface area contributed by atoms with Crippen molar-refractivity contribution in [3.8, 4) is 5.75 Å². The maximum absolute atomic E-state index is 13.7. The Bertz CT molecular complexity index is 634. The Morgan fingerprint density at radius 3 is 2.71 bits per heavy atom. The predicted molar refractivity (Wildman–Crippen MR) is 82.6 cm³/mol. The van der Waals surface area contributed by atoms with Gasteiger partial charge in [0, 0.05) is 17.1 Å². The van der Waals surface area contributed by atoms with E-state index in [-0.39, 0.29) is 6.54 Å². The van der Waals surface area contributed by atoms with Crippen molar-refractivity contribution in [2.45, 2.75) is 13.0 Å². The maximum atomic E-state index is 13.7. The molecule has 1 unspecified atom stereocenters. The van der Waals surface area contributed by atoms with E-state index in [4.69, 9.17) is 16.3 Å². The Kier molecular flexibility index (Phi) is 5.04. The molecule has 2 N–H and O–H groups in total. The first-order valence-electron chi connectivity index (χ1n) is 6.53. The van der Waals surface area contributed by atoms with Crippen LogP contribution in [-0.2, 0) is 0 Å². The highest BCUT2D eigenvalue weighted by atomic mass is 35.5. The van der Waals surface area contributed by atoms with E-state index in [0.717, 1.165) is 5.56 Å². The summed E-state index contributed by atoms with van der Waals surface area (Å²) in [5.41, 5.74) is 1.98. The topological polar surface area (TPSA) is 41.5 Å². The first-order valence-corrected chi connectivity index (χ1v) is 6.90. The zero-order chi connectivity index (χ0) is 15.4. The molecule has 0 saturated heterocycles. The molecule has 0 bridgehead atoms. The largest absolute Gasteiger partial charge is 0.496 e. The molecular formula is C16H17ClFNO2. The molecule has 0 amide bonds. The zero-order valence-electron chi connectivity index (χ0n) is 11.9. The van der Waals surface area contributed by atoms with Crippen molar-refractivity contribution >= 4 is 17.3 Å². The quantitative estimate of drug-likeness (QED) is 0.879. The van der Waals surface area contributed by atoms with Gasteiger partial charge in [0.1, 0.15) is 11.6 Å². The van der Waals surface area contributed by atoms with Crippen LogP contribution in [0.3, 0.4) is 0 Å². The molecule has 5 heteroatoms. The molecule has 0 aliphatic carbocycles. The molecule has 2 aromatic rings. The van der Waals surface area contributed by atoms with Crippen LogP contribution < -0.4 is 10.1 Å². The average Bonchev–Trinajstić information content (AvgIpc) is 2.46. The summed E-state index contributed by atoms with van der Waals surface area (Å²) in [4.78, 5) is 0. The standard InChI is InChI=1S/C16H17ClFNO2/c1-10-3-6-16(21-2)12(7-10)15(20)9-19-14-5-4-11(17)8-13(14)18/h3-8,15,19-20H,9H2,1-2H3. The number of aryl methyl sites for hydroxylation is 1. The number of benzene rings is 2. The molecule has 0 heterocycles. The van der Waals surface area contributed by atoms with Crippen LogP contribution in [-0.4, -0.2) is 18.8 Å². The van der Waals surface area contributed by atoms with E-state index in [1.807, 2.05) is 19.1 Å². The van der Waals surface area contributed by atoms with Crippen molar-refractivity contribution in [3.63, 3.8) is 0 Å². The van der Waals surface area contributed by atoms with Crippen LogP contribution in [0.4, 0.5) is 10.1 Å². The molecule has 0 radical (unpaired) electrons. The highest BCUT2D eigenvalue weighted by Crippen LogP contribution is 2.27. The lowest BCUT2D eigenvalue weighted by Gasteiger charge is -2.17. The van der Waals surface area contributed by atoms with Crippen molar-refractivity contribution in [1.82, 2.24) is 0 Å². The van der Waals surface area contributed by atoms with E-state index < -0.39 is 11.9 Å². The Labute approximate surface area is 128 Å². The van der Waals surface area contributed by atoms with Crippen LogP contribution in [0.15, 0.2) is 36.4 Å². The second-order valence-electron chi connectivity index (χ2n) is 4.77. The third-order valence-electron chi connectivity index (χ3n) is 3.16. The number of hydrogen-bond donors (Lipinski definition) is 2. The molecule has 0 aliphatic heterocycles. The SMILES string of the molecule is COc1ccc(C)cc1C(O)CNc1ccc(Cl)cc1F. The fourth-order valence-corrected chi connectivity index (χ4v) is 2.22. The molecule has 1 atom stereocenters. The summed E-state index contributed by atoms with van der Waals surface area (Å²) >= 11 is 5.70. The van der Waals surface area contributed by atoms with E-state index in [1.54, 1.807) is 19.2 Å². The number of hydrogen-bond acceptors (Lipinski definition) is 3. The minimum atomic E-state index is -0.810. The van der Waals surface area contributed by atoms with Gasteiger partial charge in [-0.05, 0) is 37.3 Å². The number of ether oxygens (including phenoxy) is 1. The third kappa shape index (κ3) is 3.86. The number of methoxy groups -OCH3 is 1. The van der Waals surface area contributed by atoms with Crippen LogP contribution in [0.25, 0.3) is 0 Å². The molecule has 0 saturated carbocycles. The highest BCUT2D eigenvalue weighted by molar-refractivity contribution is 6.30. The fourth-order valence-electron chi connectivity index (χ4n) is 2.06. The molecule has 0 aliphatic rings. The van der Waals surface area contributed by atoms with Gasteiger partial charge in [0.25, 0.3) is 0 Å². The molecule has 2 aromatic carbocycles. The van der Waals surface area contributed by atoms with Gasteiger partial charge in [0.05, 0.1) is 18.9 Å². The van der Waals surface area contributed by atoms with Crippen LogP contribution in [0.2, 0.25) is 5.02 Å². The monoisotopic (exact) mass is 309 g/mol. The number of aliphatic hydroxyl groups excluding tert-OH is 1. The van der Waals surface area contributed by atoms with E-state index in [2.05, 4.69) is 5.32 Å². The molecule has 3 nitrogen and oxygen atoms in total. The summed E-state index contributed by atoms with van der Waals surface area (Å²) in [6.45, 7) is 2.10. The summed E-state index contributed by atoms with van der Waals surface area (Å²) < 4.78 is 18.9. The van der Waals surface area contributed by atoms with Gasteiger partial charge in [-0.1, -0.05) is 23.2 Å². The summed E-state index contributed by atoms with van der Waals surface area (Å²) in [5, 5.41) is 13.5. The first-order chi connectivity index (χ1) is 10.0. The second-order valence-corrected chi connectivity index (χ2v) is 5.20. The number of aliphatic hydroxyl groups is 1. The molecule has 0 aromatic heterocycles. The lowest BCUT2D eigenvalue weighted by Crippen LogP contribution is -2.14. The molecule has 0 fully saturated rings. The molecule has 21 heavy (non-hydrogen) atoms. The van der Waals surface area contributed by atoms with Gasteiger partial charge >= 0.3 is 0 Å². The number of nitrogens with one attached hydrogen (secondary N) is 1. The normalized spacial score (nSPS) is 12.0. The van der Waals surface area contributed by atoms with Crippen LogP contribution >= 0.6 is 11.6 Å². The summed E-state index contributed by atoms with van der Waals surface area (Å²) in [7, 11) is 1.55. The van der Waals surface area contributed by atoms with Crippen LogP contribution in [0.1, 0.15) is 17.2 Å². The molecule has 112 valence electrons. The van der Waals surface area contributed by atoms with E-state index >= 15 is 0 Å². The fraction of sp³-hybridized carbons (Fsp3) is 0.250. The van der Waals surface area contributed by atoms with Crippen molar-refractivity contribution in [2.24, 2.45) is 0 Å². The molecule has 2 rings (SSSR count). The van der Waals surface area contributed by atoms with Gasteiger partial charge in [-0.25, -0.2) is 4.39 Å². The van der Waals surface area contributed by atoms with Crippen molar-refractivity contribution in [2.75, 3.05) is 19.0 Å². The smallest absolute Gasteiger partial charge is 0.147 e. The second kappa shape index (κ2) is 6.78. The first kappa shape index (κ1) is 15.6. The Morgan fingerprint density at radius 2 is 2.05 bits per heavy atom. The molecule has 0 spiro atoms. The van der Waals surface area contributed by atoms with Gasteiger partial charge < -0.3 is 15.2 Å². The van der Waals surface area contributed by atoms with E-state index in [1.165, 1.54) is 12.1 Å². The maximum Gasteiger partial charge on any atom is 0.147 e. The average molecular weight is 310 g/mol. The van der Waals surface area contributed by atoms with Gasteiger partial charge in [0.2, 0.25) is 0 Å². The Balaban J connectivity index is 2.11. The van der Waals surface area contributed by atoms with E-state index in [0.29, 0.717) is 22.0 Å². The van der Waals surface area contributed by atoms with Crippen molar-refractivity contribution in [1.29, 1.82) is 0 Å². The third-order valence-corrected chi connectivity index (χ3v) is 3.40. The minimum Gasteiger partial charge on any atom is -0.496 e. The van der Waals surface area contributed by atoms with Crippen LogP contribution in [0.5, 0.6) is 5.75 Å². The van der Waals surface area contributed by atoms with Gasteiger partial charge in [-0.15, -0.1) is 0 Å². The zero-order valence-corrected chi connectivity index (χ0v) is 12.6. The van der Waals surface area contributed by atoms with E-state index in [9.17, 15) is 9.50 Å². The number of rotatable bonds is 5. The van der Waals surface area contributed by atoms with Gasteiger partial charge in [-0.2, -0.15) is 0 Å². The Morgan fingerprint density at radius 1 is 1.29 bits per heavy atom. The predicted octanol–water partition coefficient (Wildman–Crippen LogP) is 3.94.